The van der Waals surface area contributed by atoms with E-state index >= 15 is 0 Å². The monoisotopic (exact) mass is 514 g/mol. The van der Waals surface area contributed by atoms with Gasteiger partial charge < -0.3 is 9.15 Å². The maximum atomic E-state index is 13.0. The number of piperidine rings is 1. The molecule has 2 aliphatic rings. The molecule has 1 aromatic heterocycles. The van der Waals surface area contributed by atoms with E-state index in [1.165, 1.54) is 9.87 Å². The van der Waals surface area contributed by atoms with Gasteiger partial charge in [-0.3, -0.25) is 4.90 Å². The first-order chi connectivity index (χ1) is 17.0. The van der Waals surface area contributed by atoms with Crippen molar-refractivity contribution in [3.05, 3.63) is 65.0 Å². The summed E-state index contributed by atoms with van der Waals surface area (Å²) in [4.78, 5) is 2.84. The van der Waals surface area contributed by atoms with E-state index in [-0.39, 0.29) is 9.73 Å². The molecule has 2 fully saturated rings. The fourth-order valence-corrected chi connectivity index (χ4v) is 6.34. The molecule has 0 unspecified atom stereocenters. The summed E-state index contributed by atoms with van der Waals surface area (Å²) < 4.78 is 40.3. The van der Waals surface area contributed by atoms with Gasteiger partial charge in [-0.05, 0) is 61.2 Å². The van der Waals surface area contributed by atoms with Crippen molar-refractivity contribution in [2.45, 2.75) is 30.8 Å². The van der Waals surface area contributed by atoms with Crippen LogP contribution in [0.4, 0.5) is 0 Å². The number of ether oxygens (including phenoxy) is 1. The minimum atomic E-state index is -3.60. The molecule has 0 aliphatic carbocycles. The van der Waals surface area contributed by atoms with Gasteiger partial charge in [-0.1, -0.05) is 36.4 Å². The molecule has 10 heteroatoms. The fourth-order valence-electron chi connectivity index (χ4n) is 4.71. The van der Waals surface area contributed by atoms with Crippen LogP contribution in [0.1, 0.15) is 18.4 Å². The van der Waals surface area contributed by atoms with E-state index in [4.69, 9.17) is 21.4 Å². The number of rotatable bonds is 7. The van der Waals surface area contributed by atoms with E-state index in [0.29, 0.717) is 50.3 Å². The summed E-state index contributed by atoms with van der Waals surface area (Å²) in [6, 6.07) is 17.3. The largest absolute Gasteiger partial charge is 0.409 e. The van der Waals surface area contributed by atoms with Crippen molar-refractivity contribution in [2.24, 2.45) is 5.92 Å². The number of aromatic nitrogens is 2. The molecule has 186 valence electrons. The van der Waals surface area contributed by atoms with Crippen LogP contribution in [0.5, 0.6) is 0 Å². The van der Waals surface area contributed by atoms with Crippen LogP contribution in [0.3, 0.4) is 0 Å². The third-order valence-electron chi connectivity index (χ3n) is 6.70. The molecule has 35 heavy (non-hydrogen) atoms. The van der Waals surface area contributed by atoms with Gasteiger partial charge in [0.25, 0.3) is 4.84 Å². The zero-order chi connectivity index (χ0) is 24.3. The van der Waals surface area contributed by atoms with E-state index in [0.717, 1.165) is 32.4 Å². The highest BCUT2D eigenvalue weighted by Gasteiger charge is 2.27. The highest BCUT2D eigenvalue weighted by atomic mass is 32.2. The van der Waals surface area contributed by atoms with E-state index in [2.05, 4.69) is 40.3 Å². The third-order valence-corrected chi connectivity index (χ3v) is 8.89. The predicted molar refractivity (Wildman–Crippen MR) is 135 cm³/mol. The average molecular weight is 515 g/mol. The van der Waals surface area contributed by atoms with Gasteiger partial charge in [0.1, 0.15) is 0 Å². The predicted octanol–water partition coefficient (Wildman–Crippen LogP) is 3.81. The molecule has 2 aliphatic heterocycles. The molecule has 2 aromatic carbocycles. The number of morpholine rings is 1. The lowest BCUT2D eigenvalue weighted by atomic mass is 9.90. The van der Waals surface area contributed by atoms with Crippen molar-refractivity contribution in [3.8, 4) is 11.5 Å². The molecule has 0 saturated carbocycles. The van der Waals surface area contributed by atoms with E-state index in [1.54, 1.807) is 28.9 Å². The number of hydrogen-bond acceptors (Lipinski definition) is 7. The fraction of sp³-hybridized carbons (Fsp3) is 0.440. The molecule has 3 heterocycles. The van der Waals surface area contributed by atoms with Gasteiger partial charge in [-0.25, -0.2) is 13.1 Å². The standard InChI is InChI=1S/C25H30N4O4S2/c30-35(31,28-13-15-32-16-14-28)23-8-4-7-22(18-23)24-26-29(25(34)33-24)19-27-11-9-21(10-12-27)17-20-5-2-1-3-6-20/h1-8,18,21H,9-17,19H2. The molecule has 0 bridgehead atoms. The second-order valence-electron chi connectivity index (χ2n) is 9.11. The topological polar surface area (TPSA) is 80.8 Å². The van der Waals surface area contributed by atoms with Gasteiger partial charge in [-0.2, -0.15) is 4.31 Å². The number of benzene rings is 2. The lowest BCUT2D eigenvalue weighted by Gasteiger charge is -2.31. The summed E-state index contributed by atoms with van der Waals surface area (Å²) in [5.74, 6) is 1.01. The van der Waals surface area contributed by atoms with Gasteiger partial charge in [-0.15, -0.1) is 5.10 Å². The van der Waals surface area contributed by atoms with Gasteiger partial charge in [0, 0.05) is 31.7 Å². The molecular formula is C25H30N4O4S2. The van der Waals surface area contributed by atoms with Crippen LogP contribution in [0.2, 0.25) is 0 Å². The van der Waals surface area contributed by atoms with E-state index < -0.39 is 10.0 Å². The Morgan fingerprint density at radius 1 is 0.971 bits per heavy atom. The van der Waals surface area contributed by atoms with Gasteiger partial charge in [0.05, 0.1) is 24.8 Å². The summed E-state index contributed by atoms with van der Waals surface area (Å²) in [6.45, 7) is 4.03. The van der Waals surface area contributed by atoms with E-state index in [1.807, 2.05) is 0 Å². The molecule has 5 rings (SSSR count). The van der Waals surface area contributed by atoms with Crippen LogP contribution < -0.4 is 0 Å². The van der Waals surface area contributed by atoms with Crippen LogP contribution in [-0.4, -0.2) is 66.8 Å². The molecule has 0 N–H and O–H groups in total. The third kappa shape index (κ3) is 5.73. The summed E-state index contributed by atoms with van der Waals surface area (Å²) in [5, 5.41) is 4.57. The number of nitrogens with zero attached hydrogens (tertiary/aromatic N) is 4. The molecular weight excluding hydrogens is 484 g/mol. The first-order valence-electron chi connectivity index (χ1n) is 12.0. The van der Waals surface area contributed by atoms with Crippen LogP contribution in [0.15, 0.2) is 63.9 Å². The Morgan fingerprint density at radius 2 is 1.71 bits per heavy atom. The van der Waals surface area contributed by atoms with Crippen LogP contribution in [0, 0.1) is 10.8 Å². The Kier molecular flexibility index (Phi) is 7.45. The van der Waals surface area contributed by atoms with Gasteiger partial charge in [0.15, 0.2) is 0 Å². The Bertz CT molecular complexity index is 1290. The first-order valence-corrected chi connectivity index (χ1v) is 13.9. The smallest absolute Gasteiger partial charge is 0.288 e. The maximum Gasteiger partial charge on any atom is 0.288 e. The Morgan fingerprint density at radius 3 is 2.46 bits per heavy atom. The molecule has 2 saturated heterocycles. The van der Waals surface area contributed by atoms with Crippen molar-refractivity contribution in [1.82, 2.24) is 19.0 Å². The molecule has 8 nitrogen and oxygen atoms in total. The van der Waals surface area contributed by atoms with Crippen molar-refractivity contribution >= 4 is 22.2 Å². The van der Waals surface area contributed by atoms with Gasteiger partial charge in [0.2, 0.25) is 15.9 Å². The number of hydrogen-bond donors (Lipinski definition) is 0. The summed E-state index contributed by atoms with van der Waals surface area (Å²) >= 11 is 5.43. The van der Waals surface area contributed by atoms with Crippen LogP contribution >= 0.6 is 12.2 Å². The van der Waals surface area contributed by atoms with Crippen molar-refractivity contribution in [1.29, 1.82) is 0 Å². The Balaban J connectivity index is 1.24. The minimum absolute atomic E-state index is 0.216. The summed E-state index contributed by atoms with van der Waals surface area (Å²) in [7, 11) is -3.60. The van der Waals surface area contributed by atoms with Crippen LogP contribution in [0.25, 0.3) is 11.5 Å². The average Bonchev–Trinajstić information content (AvgIpc) is 3.26. The van der Waals surface area contributed by atoms with Crippen molar-refractivity contribution in [3.63, 3.8) is 0 Å². The molecule has 3 aromatic rings. The normalized spacial score (nSPS) is 18.6. The van der Waals surface area contributed by atoms with Gasteiger partial charge >= 0.3 is 0 Å². The zero-order valence-corrected chi connectivity index (χ0v) is 21.2. The second-order valence-corrected chi connectivity index (χ2v) is 11.4. The number of likely N-dealkylation sites (tertiary alicyclic amines) is 1. The quantitative estimate of drug-likeness (QED) is 0.444. The highest BCUT2D eigenvalue weighted by molar-refractivity contribution is 7.89. The van der Waals surface area contributed by atoms with Crippen LogP contribution in [-0.2, 0) is 27.8 Å². The SMILES string of the molecule is O=S(=O)(c1cccc(-c2nn(CN3CCC(Cc4ccccc4)CC3)c(=S)o2)c1)N1CCOCC1. The molecule has 0 atom stereocenters. The molecule has 0 radical (unpaired) electrons. The van der Waals surface area contributed by atoms with Crippen molar-refractivity contribution in [2.75, 3.05) is 39.4 Å². The maximum absolute atomic E-state index is 13.0. The lowest BCUT2D eigenvalue weighted by Crippen LogP contribution is -2.40. The van der Waals surface area contributed by atoms with Crippen molar-refractivity contribution < 1.29 is 17.6 Å². The first kappa shape index (κ1) is 24.3. The minimum Gasteiger partial charge on any atom is -0.409 e. The summed E-state index contributed by atoms with van der Waals surface area (Å²) in [6.07, 6.45) is 3.38. The summed E-state index contributed by atoms with van der Waals surface area (Å²) in [5.41, 5.74) is 1.98. The Labute approximate surface area is 211 Å². The van der Waals surface area contributed by atoms with E-state index in [9.17, 15) is 8.42 Å². The highest BCUT2D eigenvalue weighted by Crippen LogP contribution is 2.25. The lowest BCUT2D eigenvalue weighted by molar-refractivity contribution is 0.0730. The molecule has 0 amide bonds. The molecule has 0 spiro atoms. The Hall–Kier alpha value is -2.37. The zero-order valence-electron chi connectivity index (χ0n) is 19.6. The number of sulfonamides is 1. The second kappa shape index (κ2) is 10.7.